The molecule has 11 rings (SSSR count). The predicted octanol–water partition coefficient (Wildman–Crippen LogP) is 13.5. The van der Waals surface area contributed by atoms with Gasteiger partial charge in [0.15, 0.2) is 17.5 Å². The van der Waals surface area contributed by atoms with Crippen molar-refractivity contribution < 1.29 is 0 Å². The molecule has 0 aliphatic carbocycles. The van der Waals surface area contributed by atoms with Crippen molar-refractivity contribution >= 4 is 32.6 Å². The molecule has 0 saturated heterocycles. The van der Waals surface area contributed by atoms with Gasteiger partial charge in [-0.3, -0.25) is 4.57 Å². The van der Waals surface area contributed by atoms with E-state index in [4.69, 9.17) is 19.9 Å². The molecule has 2 heterocycles. The molecule has 0 bridgehead atoms. The molecule has 0 unspecified atom stereocenters. The van der Waals surface area contributed by atoms with Crippen molar-refractivity contribution in [3.05, 3.63) is 212 Å². The summed E-state index contributed by atoms with van der Waals surface area (Å²) in [4.78, 5) is 20.6. The molecule has 9 aromatic carbocycles. The van der Waals surface area contributed by atoms with Gasteiger partial charge in [-0.05, 0) is 86.3 Å². The molecular weight excluding hydrogens is 719 g/mol. The first-order chi connectivity index (χ1) is 29.2. The van der Waals surface area contributed by atoms with Crippen LogP contribution in [0.15, 0.2) is 212 Å². The van der Waals surface area contributed by atoms with Crippen LogP contribution < -0.4 is 0 Å². The first-order valence-corrected chi connectivity index (χ1v) is 19.8. The molecule has 0 amide bonds. The molecule has 0 spiro atoms. The molecule has 0 N–H and O–H groups in total. The summed E-state index contributed by atoms with van der Waals surface area (Å²) in [5.74, 6) is 2.77. The molecule has 59 heavy (non-hydrogen) atoms. The molecule has 0 aliphatic heterocycles. The van der Waals surface area contributed by atoms with Crippen molar-refractivity contribution in [1.82, 2.24) is 24.5 Å². The van der Waals surface area contributed by atoms with Crippen molar-refractivity contribution in [2.45, 2.75) is 0 Å². The molecule has 5 heteroatoms. The number of nitrogens with zero attached hydrogens (tertiary/aromatic N) is 5. The van der Waals surface area contributed by atoms with E-state index >= 15 is 0 Å². The normalized spacial score (nSPS) is 11.4. The van der Waals surface area contributed by atoms with Crippen LogP contribution >= 0.6 is 0 Å². The van der Waals surface area contributed by atoms with Gasteiger partial charge in [0.2, 0.25) is 0 Å². The molecule has 0 atom stereocenters. The third kappa shape index (κ3) is 6.41. The Morgan fingerprint density at radius 2 is 0.763 bits per heavy atom. The SMILES string of the molecule is c1ccc(-c2cccc(-c3nc(-c4cccc(-c5ccc(-c6nc7ccccc7n6-c6ccccc6)cc5)c4)nc(-c4ccc5ccc6ccccc6c5c4)n3)c2)cc1. The number of benzene rings is 9. The quantitative estimate of drug-likeness (QED) is 0.152. The fraction of sp³-hybridized carbons (Fsp3) is 0. The van der Waals surface area contributed by atoms with E-state index in [1.807, 2.05) is 18.2 Å². The molecule has 0 aliphatic rings. The minimum Gasteiger partial charge on any atom is -0.292 e. The van der Waals surface area contributed by atoms with E-state index in [1.54, 1.807) is 0 Å². The lowest BCUT2D eigenvalue weighted by molar-refractivity contribution is 1.07. The van der Waals surface area contributed by atoms with Crippen LogP contribution in [-0.2, 0) is 0 Å². The molecule has 276 valence electrons. The summed E-state index contributed by atoms with van der Waals surface area (Å²) in [6, 6.07) is 74.0. The third-order valence-electron chi connectivity index (χ3n) is 11.0. The van der Waals surface area contributed by atoms with Crippen LogP contribution in [0.3, 0.4) is 0 Å². The zero-order valence-electron chi connectivity index (χ0n) is 31.9. The van der Waals surface area contributed by atoms with Gasteiger partial charge in [-0.2, -0.15) is 0 Å². The molecule has 0 fully saturated rings. The number of hydrogen-bond donors (Lipinski definition) is 0. The van der Waals surface area contributed by atoms with Gasteiger partial charge in [-0.1, -0.05) is 170 Å². The molecule has 11 aromatic rings. The Morgan fingerprint density at radius 3 is 1.46 bits per heavy atom. The van der Waals surface area contributed by atoms with Gasteiger partial charge in [0, 0.05) is 27.9 Å². The standard InChI is InChI=1S/C54H35N5/c1-3-13-36(14-4-1)41-16-11-18-43(33-41)51-56-52(58-53(57-51)45-32-29-39-28-27-38-15-7-8-22-47(38)48(39)35-45)44-19-12-17-42(34-44)37-25-30-40(31-26-37)54-55-49-23-9-10-24-50(49)59(54)46-20-5-2-6-21-46/h1-35H. The molecule has 0 saturated carbocycles. The third-order valence-corrected chi connectivity index (χ3v) is 11.0. The molecule has 2 aromatic heterocycles. The number of para-hydroxylation sites is 3. The lowest BCUT2D eigenvalue weighted by atomic mass is 9.99. The van der Waals surface area contributed by atoms with Gasteiger partial charge < -0.3 is 0 Å². The largest absolute Gasteiger partial charge is 0.292 e. The Balaban J connectivity index is 1.01. The number of hydrogen-bond acceptors (Lipinski definition) is 4. The summed E-state index contributed by atoms with van der Waals surface area (Å²) in [5, 5.41) is 4.74. The van der Waals surface area contributed by atoms with E-state index in [0.717, 1.165) is 67.1 Å². The van der Waals surface area contributed by atoms with Crippen molar-refractivity contribution in [3.8, 4) is 73.5 Å². The maximum absolute atomic E-state index is 5.18. The smallest absolute Gasteiger partial charge is 0.164 e. The first kappa shape index (κ1) is 34.2. The Labute approximate surface area is 341 Å². The second-order valence-electron chi connectivity index (χ2n) is 14.7. The Hall–Kier alpha value is -8.02. The zero-order valence-corrected chi connectivity index (χ0v) is 31.9. The molecule has 5 nitrogen and oxygen atoms in total. The Morgan fingerprint density at radius 1 is 0.288 bits per heavy atom. The van der Waals surface area contributed by atoms with Gasteiger partial charge in [-0.15, -0.1) is 0 Å². The second-order valence-corrected chi connectivity index (χ2v) is 14.7. The molecular formula is C54H35N5. The van der Waals surface area contributed by atoms with E-state index in [1.165, 1.54) is 21.5 Å². The van der Waals surface area contributed by atoms with Gasteiger partial charge >= 0.3 is 0 Å². The highest BCUT2D eigenvalue weighted by atomic mass is 15.1. The van der Waals surface area contributed by atoms with Gasteiger partial charge in [0.25, 0.3) is 0 Å². The number of fused-ring (bicyclic) bond motifs is 4. The van der Waals surface area contributed by atoms with Crippen LogP contribution in [0.5, 0.6) is 0 Å². The van der Waals surface area contributed by atoms with E-state index in [-0.39, 0.29) is 0 Å². The number of aromatic nitrogens is 5. The number of imidazole rings is 1. The number of rotatable bonds is 7. The van der Waals surface area contributed by atoms with Crippen LogP contribution in [0, 0.1) is 0 Å². The van der Waals surface area contributed by atoms with Crippen molar-refractivity contribution in [2.75, 3.05) is 0 Å². The Bertz CT molecular complexity index is 3320. The van der Waals surface area contributed by atoms with Crippen molar-refractivity contribution in [2.24, 2.45) is 0 Å². The maximum atomic E-state index is 5.18. The topological polar surface area (TPSA) is 56.5 Å². The monoisotopic (exact) mass is 753 g/mol. The van der Waals surface area contributed by atoms with Crippen LogP contribution in [0.4, 0.5) is 0 Å². The zero-order chi connectivity index (χ0) is 39.1. The summed E-state index contributed by atoms with van der Waals surface area (Å²) in [7, 11) is 0. The maximum Gasteiger partial charge on any atom is 0.164 e. The summed E-state index contributed by atoms with van der Waals surface area (Å²) in [6.45, 7) is 0. The van der Waals surface area contributed by atoms with Gasteiger partial charge in [0.05, 0.1) is 11.0 Å². The highest BCUT2D eigenvalue weighted by Gasteiger charge is 2.17. The second kappa shape index (κ2) is 14.5. The average molecular weight is 754 g/mol. The highest BCUT2D eigenvalue weighted by molar-refractivity contribution is 6.08. The summed E-state index contributed by atoms with van der Waals surface area (Å²) in [5.41, 5.74) is 11.3. The van der Waals surface area contributed by atoms with Crippen LogP contribution in [0.2, 0.25) is 0 Å². The van der Waals surface area contributed by atoms with Crippen LogP contribution in [0.1, 0.15) is 0 Å². The van der Waals surface area contributed by atoms with E-state index in [9.17, 15) is 0 Å². The van der Waals surface area contributed by atoms with Gasteiger partial charge in [0.1, 0.15) is 5.82 Å². The minimum absolute atomic E-state index is 0.614. The van der Waals surface area contributed by atoms with E-state index < -0.39 is 0 Å². The highest BCUT2D eigenvalue weighted by Crippen LogP contribution is 2.34. The minimum atomic E-state index is 0.614. The van der Waals surface area contributed by atoms with Gasteiger partial charge in [-0.25, -0.2) is 19.9 Å². The Kier molecular flexibility index (Phi) is 8.41. The van der Waals surface area contributed by atoms with Crippen LogP contribution in [-0.4, -0.2) is 24.5 Å². The van der Waals surface area contributed by atoms with E-state index in [0.29, 0.717) is 17.5 Å². The summed E-state index contributed by atoms with van der Waals surface area (Å²) < 4.78 is 2.23. The average Bonchev–Trinajstić information content (AvgIpc) is 3.72. The molecule has 0 radical (unpaired) electrons. The van der Waals surface area contributed by atoms with Crippen molar-refractivity contribution in [3.63, 3.8) is 0 Å². The first-order valence-electron chi connectivity index (χ1n) is 19.8. The fourth-order valence-electron chi connectivity index (χ4n) is 8.08. The fourth-order valence-corrected chi connectivity index (χ4v) is 8.08. The van der Waals surface area contributed by atoms with E-state index in [2.05, 4.69) is 199 Å². The predicted molar refractivity (Wildman–Crippen MR) is 242 cm³/mol. The summed E-state index contributed by atoms with van der Waals surface area (Å²) in [6.07, 6.45) is 0. The summed E-state index contributed by atoms with van der Waals surface area (Å²) >= 11 is 0. The van der Waals surface area contributed by atoms with Crippen LogP contribution in [0.25, 0.3) is 106 Å². The van der Waals surface area contributed by atoms with Crippen molar-refractivity contribution in [1.29, 1.82) is 0 Å². The lowest BCUT2D eigenvalue weighted by Crippen LogP contribution is -2.00. The lowest BCUT2D eigenvalue weighted by Gasteiger charge is -2.12.